The Labute approximate surface area is 133 Å². The average molecular weight is 314 g/mol. The largest absolute Gasteiger partial charge is 0.293 e. The van der Waals surface area contributed by atoms with Crippen molar-refractivity contribution in [1.29, 1.82) is 0 Å². The van der Waals surface area contributed by atoms with Crippen LogP contribution in [0.3, 0.4) is 0 Å². The normalized spacial score (nSPS) is 11.0. The van der Waals surface area contributed by atoms with Crippen LogP contribution >= 0.6 is 11.6 Å². The van der Waals surface area contributed by atoms with Gasteiger partial charge in [0.05, 0.1) is 0 Å². The van der Waals surface area contributed by atoms with Crippen LogP contribution in [0.25, 0.3) is 16.8 Å². The first-order valence-electron chi connectivity index (χ1n) is 7.00. The molecule has 0 atom stereocenters. The molecule has 22 heavy (non-hydrogen) atoms. The number of aryl methyl sites for hydroxylation is 2. The van der Waals surface area contributed by atoms with Crippen LogP contribution < -0.4 is 5.56 Å². The molecule has 0 aliphatic carbocycles. The molecule has 5 heteroatoms. The highest BCUT2D eigenvalue weighted by Crippen LogP contribution is 2.28. The molecule has 3 rings (SSSR count). The van der Waals surface area contributed by atoms with Gasteiger partial charge in [-0.1, -0.05) is 29.8 Å². The number of allylic oxidation sites excluding steroid dienone is 1. The Balaban J connectivity index is 2.36. The Bertz CT molecular complexity index is 937. The van der Waals surface area contributed by atoms with E-state index in [1.165, 1.54) is 4.52 Å². The number of nitrogens with one attached hydrogen (secondary N) is 1. The minimum atomic E-state index is -0.0845. The van der Waals surface area contributed by atoms with Gasteiger partial charge in [0, 0.05) is 27.5 Å². The standard InChI is InChI=1S/C17H16ClN3O/c1-4-6-14-10(2)19-16-15(11(3)20-21(16)17(14)22)12-7-5-8-13(18)9-12/h4-5,7-9,20H,1,6H2,2-3H3. The number of aromatic amines is 1. The molecule has 0 aliphatic rings. The summed E-state index contributed by atoms with van der Waals surface area (Å²) in [7, 11) is 0. The van der Waals surface area contributed by atoms with Crippen LogP contribution in [0.4, 0.5) is 0 Å². The van der Waals surface area contributed by atoms with E-state index in [-0.39, 0.29) is 5.56 Å². The van der Waals surface area contributed by atoms with Gasteiger partial charge in [0.1, 0.15) is 0 Å². The SMILES string of the molecule is C=CCc1c(C)nc2c(-c3cccc(Cl)c3)c(C)[nH]n2c1=O. The van der Waals surface area contributed by atoms with E-state index < -0.39 is 0 Å². The minimum Gasteiger partial charge on any atom is -0.293 e. The molecule has 4 nitrogen and oxygen atoms in total. The Kier molecular flexibility index (Phi) is 3.62. The molecule has 112 valence electrons. The van der Waals surface area contributed by atoms with Gasteiger partial charge in [-0.15, -0.1) is 6.58 Å². The first-order chi connectivity index (χ1) is 10.5. The van der Waals surface area contributed by atoms with Crippen LogP contribution in [0.5, 0.6) is 0 Å². The van der Waals surface area contributed by atoms with Gasteiger partial charge >= 0.3 is 0 Å². The summed E-state index contributed by atoms with van der Waals surface area (Å²) >= 11 is 6.08. The van der Waals surface area contributed by atoms with Gasteiger partial charge in [0.15, 0.2) is 5.65 Å². The fourth-order valence-corrected chi connectivity index (χ4v) is 2.88. The number of rotatable bonds is 3. The Morgan fingerprint density at radius 3 is 2.86 bits per heavy atom. The first-order valence-corrected chi connectivity index (χ1v) is 7.38. The molecule has 3 aromatic rings. The predicted molar refractivity (Wildman–Crippen MR) is 89.6 cm³/mol. The van der Waals surface area contributed by atoms with Gasteiger partial charge in [-0.25, -0.2) is 9.50 Å². The van der Waals surface area contributed by atoms with E-state index in [0.717, 1.165) is 22.5 Å². The molecule has 1 N–H and O–H groups in total. The summed E-state index contributed by atoms with van der Waals surface area (Å²) < 4.78 is 1.50. The number of hydrogen-bond acceptors (Lipinski definition) is 2. The lowest BCUT2D eigenvalue weighted by Gasteiger charge is -2.05. The van der Waals surface area contributed by atoms with Crippen LogP contribution in [0.1, 0.15) is 17.0 Å². The highest BCUT2D eigenvalue weighted by Gasteiger charge is 2.17. The van der Waals surface area contributed by atoms with Gasteiger partial charge in [-0.05, 0) is 38.0 Å². The Morgan fingerprint density at radius 2 is 2.18 bits per heavy atom. The molecular formula is C17H16ClN3O. The number of hydrogen-bond donors (Lipinski definition) is 1. The molecule has 0 radical (unpaired) electrons. The summed E-state index contributed by atoms with van der Waals surface area (Å²) in [6.45, 7) is 7.47. The summed E-state index contributed by atoms with van der Waals surface area (Å²) in [5, 5.41) is 3.76. The monoisotopic (exact) mass is 313 g/mol. The zero-order valence-electron chi connectivity index (χ0n) is 12.5. The smallest absolute Gasteiger partial charge is 0.276 e. The van der Waals surface area contributed by atoms with E-state index >= 15 is 0 Å². The van der Waals surface area contributed by atoms with E-state index in [1.54, 1.807) is 6.08 Å². The predicted octanol–water partition coefficient (Wildman–Crippen LogP) is 3.69. The van der Waals surface area contributed by atoms with Crippen molar-refractivity contribution in [2.45, 2.75) is 20.3 Å². The van der Waals surface area contributed by atoms with Gasteiger partial charge in [0.25, 0.3) is 5.56 Å². The van der Waals surface area contributed by atoms with Crippen molar-refractivity contribution in [2.24, 2.45) is 0 Å². The fraction of sp³-hybridized carbons (Fsp3) is 0.176. The molecule has 0 amide bonds. The second-order valence-corrected chi connectivity index (χ2v) is 5.69. The van der Waals surface area contributed by atoms with E-state index in [9.17, 15) is 4.79 Å². The van der Waals surface area contributed by atoms with Crippen molar-refractivity contribution >= 4 is 17.2 Å². The van der Waals surface area contributed by atoms with Crippen LogP contribution in [0.15, 0.2) is 41.7 Å². The van der Waals surface area contributed by atoms with Crippen molar-refractivity contribution in [3.8, 4) is 11.1 Å². The van der Waals surface area contributed by atoms with E-state index in [2.05, 4.69) is 16.7 Å². The molecule has 0 bridgehead atoms. The van der Waals surface area contributed by atoms with Crippen LogP contribution in [-0.4, -0.2) is 14.6 Å². The maximum atomic E-state index is 12.6. The average Bonchev–Trinajstić information content (AvgIpc) is 2.80. The van der Waals surface area contributed by atoms with Gasteiger partial charge in [-0.2, -0.15) is 0 Å². The van der Waals surface area contributed by atoms with Crippen molar-refractivity contribution in [3.05, 3.63) is 69.2 Å². The van der Waals surface area contributed by atoms with Gasteiger partial charge in [-0.3, -0.25) is 9.89 Å². The third-order valence-electron chi connectivity index (χ3n) is 3.72. The van der Waals surface area contributed by atoms with E-state index in [1.807, 2.05) is 38.1 Å². The molecule has 2 heterocycles. The van der Waals surface area contributed by atoms with Crippen molar-refractivity contribution in [1.82, 2.24) is 14.6 Å². The maximum Gasteiger partial charge on any atom is 0.276 e. The van der Waals surface area contributed by atoms with Crippen molar-refractivity contribution in [3.63, 3.8) is 0 Å². The van der Waals surface area contributed by atoms with Crippen LogP contribution in [0, 0.1) is 13.8 Å². The molecule has 2 aromatic heterocycles. The molecule has 0 unspecified atom stereocenters. The van der Waals surface area contributed by atoms with Gasteiger partial charge in [0.2, 0.25) is 0 Å². The summed E-state index contributed by atoms with van der Waals surface area (Å²) in [5.74, 6) is 0. The third kappa shape index (κ3) is 2.25. The molecule has 1 aromatic carbocycles. The zero-order valence-corrected chi connectivity index (χ0v) is 13.2. The van der Waals surface area contributed by atoms with Gasteiger partial charge < -0.3 is 0 Å². The number of aromatic nitrogens is 3. The molecule has 0 aliphatic heterocycles. The number of benzene rings is 1. The fourth-order valence-electron chi connectivity index (χ4n) is 2.69. The number of halogens is 1. The van der Waals surface area contributed by atoms with Crippen LogP contribution in [-0.2, 0) is 6.42 Å². The van der Waals surface area contributed by atoms with E-state index in [4.69, 9.17) is 11.6 Å². The summed E-state index contributed by atoms with van der Waals surface area (Å²) in [6, 6.07) is 7.54. The number of H-pyrrole nitrogens is 1. The number of fused-ring (bicyclic) bond motifs is 1. The molecule has 0 saturated carbocycles. The highest BCUT2D eigenvalue weighted by atomic mass is 35.5. The molecular weight excluding hydrogens is 298 g/mol. The molecule has 0 spiro atoms. The third-order valence-corrected chi connectivity index (χ3v) is 3.96. The Hall–Kier alpha value is -2.33. The number of nitrogens with zero attached hydrogens (tertiary/aromatic N) is 2. The van der Waals surface area contributed by atoms with Crippen molar-refractivity contribution in [2.75, 3.05) is 0 Å². The summed E-state index contributed by atoms with van der Waals surface area (Å²) in [5.41, 5.74) is 4.63. The topological polar surface area (TPSA) is 50.2 Å². The maximum absolute atomic E-state index is 12.6. The lowest BCUT2D eigenvalue weighted by atomic mass is 10.1. The molecule has 0 saturated heterocycles. The second kappa shape index (κ2) is 5.46. The Morgan fingerprint density at radius 1 is 1.41 bits per heavy atom. The zero-order chi connectivity index (χ0) is 15.9. The lowest BCUT2D eigenvalue weighted by Crippen LogP contribution is -2.21. The highest BCUT2D eigenvalue weighted by molar-refractivity contribution is 6.30. The summed E-state index contributed by atoms with van der Waals surface area (Å²) in [6.07, 6.45) is 2.22. The summed E-state index contributed by atoms with van der Waals surface area (Å²) in [4.78, 5) is 17.2. The van der Waals surface area contributed by atoms with Crippen LogP contribution in [0.2, 0.25) is 5.02 Å². The quantitative estimate of drug-likeness (QED) is 0.750. The van der Waals surface area contributed by atoms with Crippen molar-refractivity contribution < 1.29 is 0 Å². The van der Waals surface area contributed by atoms with E-state index in [0.29, 0.717) is 22.7 Å². The molecule has 0 fully saturated rings. The first kappa shape index (κ1) is 14.6. The second-order valence-electron chi connectivity index (χ2n) is 5.25. The lowest BCUT2D eigenvalue weighted by molar-refractivity contribution is 0.850. The minimum absolute atomic E-state index is 0.0845.